The fraction of sp³-hybridized carbons (Fsp3) is 0.455. The van der Waals surface area contributed by atoms with Crippen LogP contribution in [0.2, 0.25) is 10.0 Å². The van der Waals surface area contributed by atoms with Crippen LogP contribution in [-0.2, 0) is 10.0 Å². The van der Waals surface area contributed by atoms with Gasteiger partial charge >= 0.3 is 0 Å². The molecule has 0 aromatic heterocycles. The normalized spacial score (nSPS) is 21.9. The summed E-state index contributed by atoms with van der Waals surface area (Å²) in [6.45, 7) is 2.49. The zero-order valence-corrected chi connectivity index (χ0v) is 11.7. The molecule has 1 aromatic rings. The van der Waals surface area contributed by atoms with Crippen LogP contribution in [0.15, 0.2) is 23.1 Å². The molecular formula is C11H13Cl2NO2S. The average Bonchev–Trinajstić information content (AvgIpc) is 2.69. The largest absolute Gasteiger partial charge is 0.243 e. The van der Waals surface area contributed by atoms with Crippen LogP contribution >= 0.6 is 23.2 Å². The molecule has 1 saturated heterocycles. The Kier molecular flexibility index (Phi) is 3.69. The van der Waals surface area contributed by atoms with E-state index in [2.05, 4.69) is 0 Å². The summed E-state index contributed by atoms with van der Waals surface area (Å²) in [7, 11) is -3.44. The second kappa shape index (κ2) is 4.76. The Balaban J connectivity index is 2.41. The number of halogens is 2. The number of sulfonamides is 1. The molecule has 1 atom stereocenters. The van der Waals surface area contributed by atoms with Gasteiger partial charge in [-0.2, -0.15) is 4.31 Å². The van der Waals surface area contributed by atoms with Gasteiger partial charge in [0.2, 0.25) is 10.0 Å². The first-order chi connectivity index (χ1) is 7.93. The molecule has 6 heteroatoms. The van der Waals surface area contributed by atoms with E-state index in [4.69, 9.17) is 23.2 Å². The molecule has 0 N–H and O–H groups in total. The monoisotopic (exact) mass is 293 g/mol. The van der Waals surface area contributed by atoms with Gasteiger partial charge in [-0.05, 0) is 38.0 Å². The Morgan fingerprint density at radius 1 is 1.29 bits per heavy atom. The van der Waals surface area contributed by atoms with Crippen LogP contribution in [0.3, 0.4) is 0 Å². The van der Waals surface area contributed by atoms with Gasteiger partial charge in [-0.3, -0.25) is 0 Å². The van der Waals surface area contributed by atoms with E-state index in [9.17, 15) is 8.42 Å². The number of hydrogen-bond acceptors (Lipinski definition) is 2. The Hall–Kier alpha value is -0.290. The molecule has 17 heavy (non-hydrogen) atoms. The minimum Gasteiger partial charge on any atom is -0.207 e. The maximum absolute atomic E-state index is 12.3. The molecule has 2 rings (SSSR count). The van der Waals surface area contributed by atoms with Crippen LogP contribution in [0, 0.1) is 0 Å². The lowest BCUT2D eigenvalue weighted by molar-refractivity contribution is 0.408. The predicted molar refractivity (Wildman–Crippen MR) is 69.0 cm³/mol. The maximum atomic E-state index is 12.3. The Labute approximate surface area is 111 Å². The molecule has 0 radical (unpaired) electrons. The summed E-state index contributed by atoms with van der Waals surface area (Å²) >= 11 is 11.6. The van der Waals surface area contributed by atoms with Gasteiger partial charge in [-0.15, -0.1) is 0 Å². The van der Waals surface area contributed by atoms with Crippen molar-refractivity contribution in [2.75, 3.05) is 6.54 Å². The Bertz CT molecular complexity index is 530. The van der Waals surface area contributed by atoms with E-state index in [0.717, 1.165) is 12.8 Å². The molecule has 0 bridgehead atoms. The Morgan fingerprint density at radius 2 is 2.00 bits per heavy atom. The number of nitrogens with zero attached hydrogens (tertiary/aromatic N) is 1. The molecule has 0 amide bonds. The highest BCUT2D eigenvalue weighted by molar-refractivity contribution is 7.89. The van der Waals surface area contributed by atoms with Crippen molar-refractivity contribution in [3.8, 4) is 0 Å². The summed E-state index contributed by atoms with van der Waals surface area (Å²) in [5, 5.41) is 0.625. The highest BCUT2D eigenvalue weighted by Gasteiger charge is 2.32. The lowest BCUT2D eigenvalue weighted by Crippen LogP contribution is -2.33. The zero-order valence-electron chi connectivity index (χ0n) is 9.36. The van der Waals surface area contributed by atoms with Crippen molar-refractivity contribution in [3.63, 3.8) is 0 Å². The van der Waals surface area contributed by atoms with Gasteiger partial charge in [0.1, 0.15) is 0 Å². The fourth-order valence-electron chi connectivity index (χ4n) is 2.04. The third-order valence-corrected chi connectivity index (χ3v) is 5.74. The van der Waals surface area contributed by atoms with E-state index in [0.29, 0.717) is 11.6 Å². The highest BCUT2D eigenvalue weighted by atomic mass is 35.5. The first-order valence-electron chi connectivity index (χ1n) is 5.40. The first-order valence-corrected chi connectivity index (χ1v) is 7.59. The molecule has 1 aromatic carbocycles. The molecule has 0 spiro atoms. The van der Waals surface area contributed by atoms with Crippen LogP contribution in [-0.4, -0.2) is 25.3 Å². The molecule has 0 saturated carbocycles. The number of benzene rings is 1. The van der Waals surface area contributed by atoms with Crippen molar-refractivity contribution >= 4 is 33.2 Å². The zero-order chi connectivity index (χ0) is 12.6. The van der Waals surface area contributed by atoms with Gasteiger partial charge in [-0.25, -0.2) is 8.42 Å². The molecule has 1 heterocycles. The average molecular weight is 294 g/mol. The quantitative estimate of drug-likeness (QED) is 0.840. The van der Waals surface area contributed by atoms with Crippen LogP contribution in [0.25, 0.3) is 0 Å². The van der Waals surface area contributed by atoms with Gasteiger partial charge in [0.05, 0.1) is 14.9 Å². The molecule has 1 aliphatic rings. The number of hydrogen-bond donors (Lipinski definition) is 0. The van der Waals surface area contributed by atoms with Gasteiger partial charge in [0.15, 0.2) is 0 Å². The molecule has 94 valence electrons. The topological polar surface area (TPSA) is 37.4 Å². The molecule has 1 unspecified atom stereocenters. The van der Waals surface area contributed by atoms with E-state index >= 15 is 0 Å². The standard InChI is InChI=1S/C11H13Cl2NO2S/c1-8-3-2-6-14(8)17(15,16)9-4-5-10(12)11(13)7-9/h4-5,7-8H,2-3,6H2,1H3. The smallest absolute Gasteiger partial charge is 0.207 e. The molecule has 0 aliphatic carbocycles. The summed E-state index contributed by atoms with van der Waals surface area (Å²) in [5.74, 6) is 0. The van der Waals surface area contributed by atoms with Crippen molar-refractivity contribution < 1.29 is 8.42 Å². The van der Waals surface area contributed by atoms with Crippen molar-refractivity contribution in [1.82, 2.24) is 4.31 Å². The van der Waals surface area contributed by atoms with Crippen LogP contribution in [0.1, 0.15) is 19.8 Å². The van der Waals surface area contributed by atoms with E-state index in [-0.39, 0.29) is 16.0 Å². The molecule has 3 nitrogen and oxygen atoms in total. The van der Waals surface area contributed by atoms with Gasteiger partial charge in [0.25, 0.3) is 0 Å². The summed E-state index contributed by atoms with van der Waals surface area (Å²) in [4.78, 5) is 0.209. The minimum atomic E-state index is -3.44. The summed E-state index contributed by atoms with van der Waals surface area (Å²) in [6.07, 6.45) is 1.81. The SMILES string of the molecule is CC1CCCN1S(=O)(=O)c1ccc(Cl)c(Cl)c1. The van der Waals surface area contributed by atoms with E-state index in [1.807, 2.05) is 6.92 Å². The van der Waals surface area contributed by atoms with Crippen LogP contribution in [0.4, 0.5) is 0 Å². The van der Waals surface area contributed by atoms with Crippen LogP contribution in [0.5, 0.6) is 0 Å². The first kappa shape index (κ1) is 13.1. The lowest BCUT2D eigenvalue weighted by Gasteiger charge is -2.21. The van der Waals surface area contributed by atoms with Crippen molar-refractivity contribution in [3.05, 3.63) is 28.2 Å². The summed E-state index contributed by atoms with van der Waals surface area (Å²) in [5.41, 5.74) is 0. The second-order valence-electron chi connectivity index (χ2n) is 4.18. The summed E-state index contributed by atoms with van der Waals surface area (Å²) in [6, 6.07) is 4.46. The van der Waals surface area contributed by atoms with Crippen molar-refractivity contribution in [2.24, 2.45) is 0 Å². The third-order valence-electron chi connectivity index (χ3n) is 2.99. The minimum absolute atomic E-state index is 0.0504. The molecular weight excluding hydrogens is 281 g/mol. The summed E-state index contributed by atoms with van der Waals surface area (Å²) < 4.78 is 26.2. The second-order valence-corrected chi connectivity index (χ2v) is 6.89. The van der Waals surface area contributed by atoms with Gasteiger partial charge < -0.3 is 0 Å². The van der Waals surface area contributed by atoms with E-state index in [1.54, 1.807) is 0 Å². The van der Waals surface area contributed by atoms with Crippen molar-refractivity contribution in [1.29, 1.82) is 0 Å². The van der Waals surface area contributed by atoms with Crippen LogP contribution < -0.4 is 0 Å². The fourth-order valence-corrected chi connectivity index (χ4v) is 4.13. The molecule has 1 aliphatic heterocycles. The molecule has 1 fully saturated rings. The maximum Gasteiger partial charge on any atom is 0.243 e. The Morgan fingerprint density at radius 3 is 2.53 bits per heavy atom. The third kappa shape index (κ3) is 2.45. The van der Waals surface area contributed by atoms with Gasteiger partial charge in [-0.1, -0.05) is 23.2 Å². The van der Waals surface area contributed by atoms with Gasteiger partial charge in [0, 0.05) is 12.6 Å². The van der Waals surface area contributed by atoms with Crippen molar-refractivity contribution in [2.45, 2.75) is 30.7 Å². The van der Waals surface area contributed by atoms with E-state index in [1.165, 1.54) is 22.5 Å². The van der Waals surface area contributed by atoms with E-state index < -0.39 is 10.0 Å². The predicted octanol–water partition coefficient (Wildman–Crippen LogP) is 3.17. The highest BCUT2D eigenvalue weighted by Crippen LogP contribution is 2.29. The number of rotatable bonds is 2. The lowest BCUT2D eigenvalue weighted by atomic mass is 10.3.